The van der Waals surface area contributed by atoms with Crippen LogP contribution in [0, 0.1) is 0 Å². The Morgan fingerprint density at radius 2 is 1.75 bits per heavy atom. The van der Waals surface area contributed by atoms with Gasteiger partial charge in [-0.1, -0.05) is 18.2 Å². The summed E-state index contributed by atoms with van der Waals surface area (Å²) in [6.45, 7) is 1.55. The van der Waals surface area contributed by atoms with E-state index in [-0.39, 0.29) is 11.6 Å². The van der Waals surface area contributed by atoms with Gasteiger partial charge in [0.2, 0.25) is 15.9 Å². The van der Waals surface area contributed by atoms with Gasteiger partial charge in [0.1, 0.15) is 6.04 Å². The number of benzene rings is 1. The first-order valence-corrected chi connectivity index (χ1v) is 9.75. The molecule has 1 atom stereocenters. The maximum absolute atomic E-state index is 12.2. The molecule has 7 nitrogen and oxygen atoms in total. The third kappa shape index (κ3) is 5.07. The molecule has 0 unspecified atom stereocenters. The van der Waals surface area contributed by atoms with Crippen LogP contribution in [0.25, 0.3) is 0 Å². The third-order valence-corrected chi connectivity index (χ3v) is 4.43. The second kappa shape index (κ2) is 7.45. The molecular weight excluding hydrogens is 350 g/mol. The molecule has 0 saturated heterocycles. The van der Waals surface area contributed by atoms with E-state index in [1.807, 2.05) is 0 Å². The smallest absolute Gasteiger partial charge is 0.261 e. The number of para-hydroxylation sites is 2. The molecule has 9 heteroatoms. The van der Waals surface area contributed by atoms with Gasteiger partial charge in [-0.25, -0.2) is 8.42 Å². The molecule has 2 aromatic rings. The summed E-state index contributed by atoms with van der Waals surface area (Å²) in [6.07, 6.45) is 1.02. The lowest BCUT2D eigenvalue weighted by Crippen LogP contribution is -2.41. The van der Waals surface area contributed by atoms with Crippen LogP contribution in [0.5, 0.6) is 0 Å². The zero-order valence-electron chi connectivity index (χ0n) is 13.1. The highest BCUT2D eigenvalue weighted by Crippen LogP contribution is 2.22. The van der Waals surface area contributed by atoms with Gasteiger partial charge in [0.25, 0.3) is 5.91 Å². The Labute approximate surface area is 144 Å². The third-order valence-electron chi connectivity index (χ3n) is 2.97. The molecule has 2 amide bonds. The second-order valence-corrected chi connectivity index (χ2v) is 7.78. The van der Waals surface area contributed by atoms with Crippen LogP contribution in [0.4, 0.5) is 11.4 Å². The molecule has 0 fully saturated rings. The summed E-state index contributed by atoms with van der Waals surface area (Å²) in [6, 6.07) is 9.03. The SMILES string of the molecule is C[C@H](NC(=O)c1cccs1)C(=O)Nc1ccccc1NS(C)(=O)=O. The van der Waals surface area contributed by atoms with Gasteiger partial charge in [-0.15, -0.1) is 11.3 Å². The summed E-state index contributed by atoms with van der Waals surface area (Å²) in [4.78, 5) is 24.7. The van der Waals surface area contributed by atoms with Crippen LogP contribution in [0.3, 0.4) is 0 Å². The molecular formula is C15H17N3O4S2. The number of carbonyl (C=O) groups is 2. The molecule has 1 aromatic heterocycles. The van der Waals surface area contributed by atoms with Crippen molar-refractivity contribution in [1.29, 1.82) is 0 Å². The summed E-state index contributed by atoms with van der Waals surface area (Å²) < 4.78 is 25.1. The van der Waals surface area contributed by atoms with Crippen LogP contribution in [-0.4, -0.2) is 32.5 Å². The summed E-state index contributed by atoms with van der Waals surface area (Å²) in [5.74, 6) is -0.794. The largest absolute Gasteiger partial charge is 0.340 e. The van der Waals surface area contributed by atoms with Crippen LogP contribution in [-0.2, 0) is 14.8 Å². The predicted octanol–water partition coefficient (Wildman–Crippen LogP) is 1.88. The van der Waals surface area contributed by atoms with E-state index in [0.29, 0.717) is 10.6 Å². The van der Waals surface area contributed by atoms with Crippen molar-refractivity contribution >= 4 is 44.5 Å². The van der Waals surface area contributed by atoms with E-state index in [1.165, 1.54) is 17.4 Å². The van der Waals surface area contributed by atoms with Crippen LogP contribution < -0.4 is 15.4 Å². The van der Waals surface area contributed by atoms with Gasteiger partial charge in [-0.3, -0.25) is 14.3 Å². The van der Waals surface area contributed by atoms with Gasteiger partial charge in [0, 0.05) is 0 Å². The molecule has 3 N–H and O–H groups in total. The van der Waals surface area contributed by atoms with E-state index < -0.39 is 22.0 Å². The number of rotatable bonds is 6. The number of hydrogen-bond acceptors (Lipinski definition) is 5. The standard InChI is InChI=1S/C15H17N3O4S2/c1-10(16-15(20)13-8-5-9-23-13)14(19)17-11-6-3-4-7-12(11)18-24(2,21)22/h3-10,18H,1-2H3,(H,16,20)(H,17,19)/t10-/m0/s1. The molecule has 24 heavy (non-hydrogen) atoms. The Hall–Kier alpha value is -2.39. The number of carbonyl (C=O) groups excluding carboxylic acids is 2. The van der Waals surface area contributed by atoms with Gasteiger partial charge in [-0.05, 0) is 30.5 Å². The first-order chi connectivity index (χ1) is 11.3. The summed E-state index contributed by atoms with van der Waals surface area (Å²) in [7, 11) is -3.47. The maximum atomic E-state index is 12.2. The quantitative estimate of drug-likeness (QED) is 0.725. The van der Waals surface area contributed by atoms with E-state index in [0.717, 1.165) is 6.26 Å². The molecule has 128 valence electrons. The molecule has 0 aliphatic heterocycles. The lowest BCUT2D eigenvalue weighted by Gasteiger charge is -2.16. The van der Waals surface area contributed by atoms with Crippen LogP contribution in [0.15, 0.2) is 41.8 Å². The fourth-order valence-corrected chi connectivity index (χ4v) is 3.07. The van der Waals surface area contributed by atoms with E-state index in [2.05, 4.69) is 15.4 Å². The normalized spacial score (nSPS) is 12.2. The Morgan fingerprint density at radius 3 is 2.33 bits per heavy atom. The zero-order valence-corrected chi connectivity index (χ0v) is 14.7. The van der Waals surface area contributed by atoms with Crippen molar-refractivity contribution in [3.63, 3.8) is 0 Å². The monoisotopic (exact) mass is 367 g/mol. The van der Waals surface area contributed by atoms with Crippen molar-refractivity contribution in [3.8, 4) is 0 Å². The fourth-order valence-electron chi connectivity index (χ4n) is 1.86. The molecule has 1 aromatic carbocycles. The summed E-state index contributed by atoms with van der Waals surface area (Å²) in [5, 5.41) is 6.97. The minimum atomic E-state index is -3.47. The number of sulfonamides is 1. The highest BCUT2D eigenvalue weighted by molar-refractivity contribution is 7.92. The summed E-state index contributed by atoms with van der Waals surface area (Å²) >= 11 is 1.28. The van der Waals surface area contributed by atoms with Crippen LogP contribution in [0.2, 0.25) is 0 Å². The Kier molecular flexibility index (Phi) is 5.58. The highest BCUT2D eigenvalue weighted by atomic mass is 32.2. The average Bonchev–Trinajstić information content (AvgIpc) is 3.02. The number of anilines is 2. The molecule has 0 aliphatic carbocycles. The van der Waals surface area contributed by atoms with Crippen LogP contribution >= 0.6 is 11.3 Å². The molecule has 1 heterocycles. The average molecular weight is 367 g/mol. The molecule has 0 radical (unpaired) electrons. The van der Waals surface area contributed by atoms with Gasteiger partial charge < -0.3 is 10.6 Å². The van der Waals surface area contributed by atoms with Crippen molar-refractivity contribution in [1.82, 2.24) is 5.32 Å². The Balaban J connectivity index is 2.05. The lowest BCUT2D eigenvalue weighted by molar-refractivity contribution is -0.117. The molecule has 2 rings (SSSR count). The van der Waals surface area contributed by atoms with E-state index in [9.17, 15) is 18.0 Å². The topological polar surface area (TPSA) is 104 Å². The van der Waals surface area contributed by atoms with E-state index >= 15 is 0 Å². The molecule has 0 spiro atoms. The number of nitrogens with one attached hydrogen (secondary N) is 3. The van der Waals surface area contributed by atoms with Crippen molar-refractivity contribution < 1.29 is 18.0 Å². The maximum Gasteiger partial charge on any atom is 0.261 e. The van der Waals surface area contributed by atoms with E-state index in [4.69, 9.17) is 0 Å². The van der Waals surface area contributed by atoms with Crippen molar-refractivity contribution in [2.45, 2.75) is 13.0 Å². The van der Waals surface area contributed by atoms with Crippen molar-refractivity contribution in [3.05, 3.63) is 46.7 Å². The second-order valence-electron chi connectivity index (χ2n) is 5.08. The van der Waals surface area contributed by atoms with E-state index in [1.54, 1.807) is 42.6 Å². The first kappa shape index (κ1) is 18.0. The van der Waals surface area contributed by atoms with Gasteiger partial charge in [0.05, 0.1) is 22.5 Å². The summed E-state index contributed by atoms with van der Waals surface area (Å²) in [5.41, 5.74) is 0.565. The minimum Gasteiger partial charge on any atom is -0.340 e. The van der Waals surface area contributed by atoms with Crippen LogP contribution in [0.1, 0.15) is 16.6 Å². The fraction of sp³-hybridized carbons (Fsp3) is 0.200. The zero-order chi connectivity index (χ0) is 17.7. The molecule has 0 aliphatic rings. The first-order valence-electron chi connectivity index (χ1n) is 6.98. The highest BCUT2D eigenvalue weighted by Gasteiger charge is 2.18. The van der Waals surface area contributed by atoms with Crippen molar-refractivity contribution in [2.75, 3.05) is 16.3 Å². The Bertz CT molecular complexity index is 832. The van der Waals surface area contributed by atoms with Gasteiger partial charge >= 0.3 is 0 Å². The number of thiophene rings is 1. The number of amides is 2. The predicted molar refractivity (Wildman–Crippen MR) is 94.8 cm³/mol. The Morgan fingerprint density at radius 1 is 1.08 bits per heavy atom. The lowest BCUT2D eigenvalue weighted by atomic mass is 10.2. The molecule has 0 bridgehead atoms. The van der Waals surface area contributed by atoms with Crippen molar-refractivity contribution in [2.24, 2.45) is 0 Å². The molecule has 0 saturated carbocycles. The van der Waals surface area contributed by atoms with Gasteiger partial charge in [0.15, 0.2) is 0 Å². The van der Waals surface area contributed by atoms with Gasteiger partial charge in [-0.2, -0.15) is 0 Å². The number of hydrogen-bond donors (Lipinski definition) is 3. The minimum absolute atomic E-state index is 0.255.